The standard InChI is InChI=1S/C21H23FN4O/c1-27-20-5-3-2-4-19(20)26-12-10-25(11-13-26)15-17-14-23-24-21(17)16-6-8-18(22)9-7-16/h2-9,14H,10-13,15H2,1H3,(H,23,24)/p+1. The summed E-state index contributed by atoms with van der Waals surface area (Å²) in [5.41, 5.74) is 4.28. The summed E-state index contributed by atoms with van der Waals surface area (Å²) in [6, 6.07) is 14.7. The molecule has 1 fully saturated rings. The summed E-state index contributed by atoms with van der Waals surface area (Å²) in [4.78, 5) is 3.91. The number of hydrogen-bond acceptors (Lipinski definition) is 3. The number of halogens is 1. The highest BCUT2D eigenvalue weighted by Gasteiger charge is 2.23. The van der Waals surface area contributed by atoms with E-state index in [1.807, 2.05) is 18.3 Å². The monoisotopic (exact) mass is 367 g/mol. The number of rotatable bonds is 5. The Bertz CT molecular complexity index is 885. The van der Waals surface area contributed by atoms with Gasteiger partial charge in [0.05, 0.1) is 56.4 Å². The van der Waals surface area contributed by atoms with Gasteiger partial charge >= 0.3 is 0 Å². The van der Waals surface area contributed by atoms with Crippen LogP contribution in [0.15, 0.2) is 54.7 Å². The summed E-state index contributed by atoms with van der Waals surface area (Å²) < 4.78 is 18.7. The highest BCUT2D eigenvalue weighted by atomic mass is 19.1. The van der Waals surface area contributed by atoms with Crippen molar-refractivity contribution in [1.29, 1.82) is 0 Å². The molecule has 2 N–H and O–H groups in total. The number of piperazine rings is 1. The summed E-state index contributed by atoms with van der Waals surface area (Å²) in [7, 11) is 1.72. The fourth-order valence-corrected chi connectivity index (χ4v) is 3.71. The van der Waals surface area contributed by atoms with Crippen molar-refractivity contribution in [1.82, 2.24) is 10.2 Å². The lowest BCUT2D eigenvalue weighted by atomic mass is 10.1. The van der Waals surface area contributed by atoms with Crippen LogP contribution in [0.4, 0.5) is 10.1 Å². The number of anilines is 1. The molecular formula is C21H24FN4O+. The van der Waals surface area contributed by atoms with Crippen LogP contribution in [0.1, 0.15) is 5.56 Å². The molecule has 0 atom stereocenters. The van der Waals surface area contributed by atoms with Crippen molar-refractivity contribution in [2.24, 2.45) is 0 Å². The minimum absolute atomic E-state index is 0.224. The molecule has 0 unspecified atom stereocenters. The molecule has 1 saturated heterocycles. The van der Waals surface area contributed by atoms with Gasteiger partial charge < -0.3 is 14.5 Å². The highest BCUT2D eigenvalue weighted by Crippen LogP contribution is 2.27. The van der Waals surface area contributed by atoms with Gasteiger partial charge in [-0.3, -0.25) is 5.10 Å². The number of H-pyrrole nitrogens is 1. The zero-order chi connectivity index (χ0) is 18.6. The molecule has 27 heavy (non-hydrogen) atoms. The highest BCUT2D eigenvalue weighted by molar-refractivity contribution is 5.62. The number of nitrogens with one attached hydrogen (secondary N) is 2. The van der Waals surface area contributed by atoms with E-state index < -0.39 is 0 Å². The number of para-hydroxylation sites is 2. The molecule has 2 heterocycles. The number of benzene rings is 2. The summed E-state index contributed by atoms with van der Waals surface area (Å²) in [5.74, 6) is 0.701. The van der Waals surface area contributed by atoms with E-state index in [4.69, 9.17) is 4.74 Å². The predicted octanol–water partition coefficient (Wildman–Crippen LogP) is 2.13. The van der Waals surface area contributed by atoms with Gasteiger partial charge in [-0.25, -0.2) is 4.39 Å². The van der Waals surface area contributed by atoms with Gasteiger partial charge in [-0.2, -0.15) is 5.10 Å². The normalized spacial score (nSPS) is 15.1. The van der Waals surface area contributed by atoms with Crippen molar-refractivity contribution in [3.8, 4) is 17.0 Å². The number of aromatic amines is 1. The Morgan fingerprint density at radius 2 is 1.85 bits per heavy atom. The third-order valence-corrected chi connectivity index (χ3v) is 5.19. The Balaban J connectivity index is 1.42. The third-order valence-electron chi connectivity index (χ3n) is 5.19. The van der Waals surface area contributed by atoms with Gasteiger partial charge in [-0.15, -0.1) is 0 Å². The maximum absolute atomic E-state index is 13.2. The first-order valence-corrected chi connectivity index (χ1v) is 9.24. The Morgan fingerprint density at radius 3 is 2.59 bits per heavy atom. The molecule has 0 amide bonds. The first kappa shape index (κ1) is 17.5. The van der Waals surface area contributed by atoms with Gasteiger partial charge in [-0.05, 0) is 36.4 Å². The van der Waals surface area contributed by atoms with Crippen molar-refractivity contribution in [3.63, 3.8) is 0 Å². The zero-order valence-electron chi connectivity index (χ0n) is 15.4. The number of hydrogen-bond donors (Lipinski definition) is 2. The third kappa shape index (κ3) is 3.80. The zero-order valence-corrected chi connectivity index (χ0v) is 15.4. The molecule has 0 bridgehead atoms. The van der Waals surface area contributed by atoms with E-state index in [-0.39, 0.29) is 5.82 Å². The lowest BCUT2D eigenvalue weighted by Crippen LogP contribution is -3.13. The van der Waals surface area contributed by atoms with E-state index in [9.17, 15) is 4.39 Å². The molecule has 1 aromatic heterocycles. The second-order valence-corrected chi connectivity index (χ2v) is 6.86. The first-order chi connectivity index (χ1) is 13.2. The van der Waals surface area contributed by atoms with E-state index in [1.165, 1.54) is 22.6 Å². The van der Waals surface area contributed by atoms with Crippen LogP contribution in [0.5, 0.6) is 5.75 Å². The first-order valence-electron chi connectivity index (χ1n) is 9.24. The average Bonchev–Trinajstić information content (AvgIpc) is 3.17. The topological polar surface area (TPSA) is 45.6 Å². The van der Waals surface area contributed by atoms with Gasteiger partial charge in [0.15, 0.2) is 0 Å². The maximum Gasteiger partial charge on any atom is 0.142 e. The molecule has 0 aliphatic carbocycles. The molecule has 2 aromatic carbocycles. The van der Waals surface area contributed by atoms with Crippen molar-refractivity contribution in [2.75, 3.05) is 38.2 Å². The van der Waals surface area contributed by atoms with Crippen LogP contribution in [-0.4, -0.2) is 43.5 Å². The maximum atomic E-state index is 13.2. The molecule has 4 rings (SSSR count). The van der Waals surface area contributed by atoms with Gasteiger partial charge in [-0.1, -0.05) is 12.1 Å². The summed E-state index contributed by atoms with van der Waals surface area (Å²) in [6.45, 7) is 4.97. The molecule has 1 aliphatic heterocycles. The van der Waals surface area contributed by atoms with Crippen LogP contribution in [0.3, 0.4) is 0 Å². The van der Waals surface area contributed by atoms with Gasteiger partial charge in [0.25, 0.3) is 0 Å². The van der Waals surface area contributed by atoms with Gasteiger partial charge in [0, 0.05) is 5.56 Å². The van der Waals surface area contributed by atoms with Crippen molar-refractivity contribution >= 4 is 5.69 Å². The SMILES string of the molecule is COc1ccccc1N1CC[NH+](Cc2cn[nH]c2-c2ccc(F)cc2)CC1. The molecule has 140 valence electrons. The van der Waals surface area contributed by atoms with E-state index in [1.54, 1.807) is 19.2 Å². The quantitative estimate of drug-likeness (QED) is 0.726. The van der Waals surface area contributed by atoms with E-state index in [0.717, 1.165) is 55.4 Å². The number of aromatic nitrogens is 2. The second-order valence-electron chi connectivity index (χ2n) is 6.86. The number of quaternary nitrogens is 1. The van der Waals surface area contributed by atoms with Gasteiger partial charge in [0.1, 0.15) is 18.1 Å². The Morgan fingerprint density at radius 1 is 1.11 bits per heavy atom. The largest absolute Gasteiger partial charge is 0.495 e. The molecule has 5 nitrogen and oxygen atoms in total. The van der Waals surface area contributed by atoms with Gasteiger partial charge in [0.2, 0.25) is 0 Å². The average molecular weight is 367 g/mol. The molecule has 0 saturated carbocycles. The van der Waals surface area contributed by atoms with E-state index >= 15 is 0 Å². The lowest BCUT2D eigenvalue weighted by molar-refractivity contribution is -0.914. The summed E-state index contributed by atoms with van der Waals surface area (Å²) in [5, 5.41) is 7.28. The molecule has 6 heteroatoms. The van der Waals surface area contributed by atoms with E-state index in [2.05, 4.69) is 27.2 Å². The Hall–Kier alpha value is -2.86. The fraction of sp³-hybridized carbons (Fsp3) is 0.286. The predicted molar refractivity (Wildman–Crippen MR) is 104 cm³/mol. The smallest absolute Gasteiger partial charge is 0.142 e. The molecule has 3 aromatic rings. The molecular weight excluding hydrogens is 343 g/mol. The van der Waals surface area contributed by atoms with Crippen LogP contribution in [-0.2, 0) is 6.54 Å². The molecule has 0 spiro atoms. The van der Waals surface area contributed by atoms with Crippen LogP contribution in [0, 0.1) is 5.82 Å². The van der Waals surface area contributed by atoms with Crippen LogP contribution in [0.25, 0.3) is 11.3 Å². The van der Waals surface area contributed by atoms with Crippen LogP contribution < -0.4 is 14.5 Å². The lowest BCUT2D eigenvalue weighted by Gasteiger charge is -2.34. The Kier molecular flexibility index (Phi) is 5.07. The van der Waals surface area contributed by atoms with Crippen LogP contribution >= 0.6 is 0 Å². The Labute approximate surface area is 158 Å². The van der Waals surface area contributed by atoms with Crippen molar-refractivity contribution < 1.29 is 14.0 Å². The van der Waals surface area contributed by atoms with Crippen molar-refractivity contribution in [2.45, 2.75) is 6.54 Å². The van der Waals surface area contributed by atoms with Crippen molar-refractivity contribution in [3.05, 3.63) is 66.1 Å². The molecule has 1 aliphatic rings. The van der Waals surface area contributed by atoms with E-state index in [0.29, 0.717) is 0 Å². The number of ether oxygens (including phenoxy) is 1. The molecule has 0 radical (unpaired) electrons. The summed E-state index contributed by atoms with van der Waals surface area (Å²) in [6.07, 6.45) is 1.89. The van der Waals surface area contributed by atoms with Crippen LogP contribution in [0.2, 0.25) is 0 Å². The minimum Gasteiger partial charge on any atom is -0.495 e. The fourth-order valence-electron chi connectivity index (χ4n) is 3.71. The number of methoxy groups -OCH3 is 1. The summed E-state index contributed by atoms with van der Waals surface area (Å²) >= 11 is 0. The second kappa shape index (κ2) is 7.80. The minimum atomic E-state index is -0.224. The number of nitrogens with zero attached hydrogens (tertiary/aromatic N) is 2.